The van der Waals surface area contributed by atoms with Crippen LogP contribution in [-0.2, 0) is 11.3 Å². The Morgan fingerprint density at radius 3 is 2.76 bits per heavy atom. The molecule has 0 bridgehead atoms. The smallest absolute Gasteiger partial charge is 0.306 e. The molecule has 17 heavy (non-hydrogen) atoms. The van der Waals surface area contributed by atoms with Crippen LogP contribution in [0.25, 0.3) is 0 Å². The van der Waals surface area contributed by atoms with Crippen LogP contribution >= 0.6 is 43.2 Å². The Bertz CT molecular complexity index is 410. The van der Waals surface area contributed by atoms with Gasteiger partial charge >= 0.3 is 5.97 Å². The number of carbonyl (C=O) groups is 1. The quantitative estimate of drug-likeness (QED) is 0.867. The second-order valence-electron chi connectivity index (χ2n) is 4.42. The molecule has 2 rings (SSSR count). The van der Waals surface area contributed by atoms with Gasteiger partial charge in [0.1, 0.15) is 0 Å². The van der Waals surface area contributed by atoms with Gasteiger partial charge in [-0.2, -0.15) is 0 Å². The van der Waals surface area contributed by atoms with E-state index in [9.17, 15) is 4.79 Å². The number of hydrogen-bond donors (Lipinski definition) is 1. The summed E-state index contributed by atoms with van der Waals surface area (Å²) in [6, 6.07) is 2.11. The number of carboxylic acid groups (broad SMARTS) is 1. The highest BCUT2D eigenvalue weighted by Gasteiger charge is 2.34. The highest BCUT2D eigenvalue weighted by Crippen LogP contribution is 2.34. The first-order chi connectivity index (χ1) is 7.97. The van der Waals surface area contributed by atoms with Gasteiger partial charge in [0.15, 0.2) is 0 Å². The first-order valence-corrected chi connectivity index (χ1v) is 7.76. The van der Waals surface area contributed by atoms with Crippen molar-refractivity contribution in [2.24, 2.45) is 11.8 Å². The summed E-state index contributed by atoms with van der Waals surface area (Å²) in [7, 11) is 0. The van der Waals surface area contributed by atoms with Gasteiger partial charge in [-0.05, 0) is 43.8 Å². The lowest BCUT2D eigenvalue weighted by Crippen LogP contribution is -2.50. The molecule has 0 spiro atoms. The molecule has 3 nitrogen and oxygen atoms in total. The number of nitrogens with zero attached hydrogens (tertiary/aromatic N) is 1. The van der Waals surface area contributed by atoms with Crippen LogP contribution in [0.3, 0.4) is 0 Å². The minimum atomic E-state index is -0.684. The summed E-state index contributed by atoms with van der Waals surface area (Å²) in [5, 5.41) is 8.90. The zero-order chi connectivity index (χ0) is 12.6. The number of likely N-dealkylation sites (tertiary alicyclic amines) is 1. The first kappa shape index (κ1) is 13.5. The van der Waals surface area contributed by atoms with Crippen LogP contribution in [0.4, 0.5) is 0 Å². The van der Waals surface area contributed by atoms with Crippen molar-refractivity contribution in [1.29, 1.82) is 0 Å². The van der Waals surface area contributed by atoms with E-state index in [1.54, 1.807) is 18.3 Å². The highest BCUT2D eigenvalue weighted by molar-refractivity contribution is 9.13. The van der Waals surface area contributed by atoms with Crippen molar-refractivity contribution in [3.8, 4) is 0 Å². The molecule has 1 saturated heterocycles. The van der Waals surface area contributed by atoms with Crippen LogP contribution in [0.5, 0.6) is 0 Å². The van der Waals surface area contributed by atoms with Crippen LogP contribution in [0.2, 0.25) is 0 Å². The third-order valence-electron chi connectivity index (χ3n) is 3.16. The Balaban J connectivity index is 1.83. The van der Waals surface area contributed by atoms with E-state index in [2.05, 4.69) is 42.8 Å². The van der Waals surface area contributed by atoms with Crippen LogP contribution < -0.4 is 0 Å². The largest absolute Gasteiger partial charge is 0.481 e. The minimum absolute atomic E-state index is 0.229. The lowest BCUT2D eigenvalue weighted by atomic mass is 9.87. The van der Waals surface area contributed by atoms with E-state index in [4.69, 9.17) is 5.11 Å². The average molecular weight is 383 g/mol. The number of rotatable bonds is 4. The molecule has 0 aromatic carbocycles. The SMILES string of the molecule is CC(C(=O)O)C1CN(Cc2cc(Br)c(Br)s2)C1. The number of hydrogen-bond acceptors (Lipinski definition) is 3. The standard InChI is InChI=1S/C11H13Br2NO2S/c1-6(11(15)16)7-3-14(4-7)5-8-2-9(12)10(13)17-8/h2,6-7H,3-5H2,1H3,(H,15,16). The van der Waals surface area contributed by atoms with Crippen molar-refractivity contribution in [1.82, 2.24) is 4.90 Å². The van der Waals surface area contributed by atoms with Gasteiger partial charge in [-0.15, -0.1) is 11.3 Å². The Morgan fingerprint density at radius 2 is 2.29 bits per heavy atom. The van der Waals surface area contributed by atoms with Gasteiger partial charge in [-0.3, -0.25) is 9.69 Å². The van der Waals surface area contributed by atoms with E-state index in [1.807, 2.05) is 0 Å². The van der Waals surface area contributed by atoms with Crippen molar-refractivity contribution >= 4 is 49.2 Å². The Morgan fingerprint density at radius 1 is 1.65 bits per heavy atom. The molecule has 1 fully saturated rings. The van der Waals surface area contributed by atoms with Crippen LogP contribution in [0, 0.1) is 11.8 Å². The zero-order valence-electron chi connectivity index (χ0n) is 9.32. The fourth-order valence-corrected chi connectivity index (χ4v) is 4.17. The second-order valence-corrected chi connectivity index (χ2v) is 7.72. The number of thiophene rings is 1. The van der Waals surface area contributed by atoms with E-state index < -0.39 is 5.97 Å². The van der Waals surface area contributed by atoms with E-state index in [-0.39, 0.29) is 5.92 Å². The molecule has 1 aromatic rings. The Hall–Kier alpha value is 0.0900. The summed E-state index contributed by atoms with van der Waals surface area (Å²) >= 11 is 8.66. The number of aliphatic carboxylic acids is 1. The molecule has 2 heterocycles. The van der Waals surface area contributed by atoms with Gasteiger partial charge in [-0.1, -0.05) is 6.92 Å². The van der Waals surface area contributed by atoms with E-state index in [0.29, 0.717) is 5.92 Å². The molecule has 0 aliphatic carbocycles. The maximum atomic E-state index is 10.8. The third-order valence-corrected chi connectivity index (χ3v) is 6.40. The van der Waals surface area contributed by atoms with Gasteiger partial charge in [0.25, 0.3) is 0 Å². The van der Waals surface area contributed by atoms with E-state index in [0.717, 1.165) is 27.9 Å². The monoisotopic (exact) mass is 381 g/mol. The number of halogens is 2. The molecular formula is C11H13Br2NO2S. The summed E-state index contributed by atoms with van der Waals surface area (Å²) in [6.07, 6.45) is 0. The topological polar surface area (TPSA) is 40.5 Å². The molecule has 0 amide bonds. The summed E-state index contributed by atoms with van der Waals surface area (Å²) in [6.45, 7) is 4.49. The van der Waals surface area contributed by atoms with Crippen LogP contribution in [0.1, 0.15) is 11.8 Å². The average Bonchev–Trinajstić information content (AvgIpc) is 2.50. The van der Waals surface area contributed by atoms with Gasteiger partial charge in [0.05, 0.1) is 9.70 Å². The minimum Gasteiger partial charge on any atom is -0.481 e. The number of carboxylic acids is 1. The molecule has 1 unspecified atom stereocenters. The molecule has 1 atom stereocenters. The highest BCUT2D eigenvalue weighted by atomic mass is 79.9. The molecule has 0 radical (unpaired) electrons. The van der Waals surface area contributed by atoms with Gasteiger partial charge in [0.2, 0.25) is 0 Å². The molecule has 1 aliphatic rings. The van der Waals surface area contributed by atoms with Crippen molar-refractivity contribution in [2.45, 2.75) is 13.5 Å². The van der Waals surface area contributed by atoms with Gasteiger partial charge in [0, 0.05) is 29.0 Å². The summed E-state index contributed by atoms with van der Waals surface area (Å²) in [5.41, 5.74) is 0. The third kappa shape index (κ3) is 3.10. The first-order valence-electron chi connectivity index (χ1n) is 5.36. The summed E-state index contributed by atoms with van der Waals surface area (Å²) in [5.74, 6) is -0.608. The molecule has 1 N–H and O–H groups in total. The Labute approximate surface area is 121 Å². The van der Waals surface area contributed by atoms with Crippen molar-refractivity contribution < 1.29 is 9.90 Å². The molecule has 94 valence electrons. The summed E-state index contributed by atoms with van der Waals surface area (Å²) < 4.78 is 2.21. The van der Waals surface area contributed by atoms with Gasteiger partial charge < -0.3 is 5.11 Å². The van der Waals surface area contributed by atoms with E-state index in [1.165, 1.54) is 4.88 Å². The predicted octanol–water partition coefficient (Wildman–Crippen LogP) is 3.43. The van der Waals surface area contributed by atoms with Crippen molar-refractivity contribution in [3.63, 3.8) is 0 Å². The molecule has 1 aromatic heterocycles. The summed E-state index contributed by atoms with van der Waals surface area (Å²) in [4.78, 5) is 14.4. The molecule has 6 heteroatoms. The van der Waals surface area contributed by atoms with Crippen LogP contribution in [-0.4, -0.2) is 29.1 Å². The maximum absolute atomic E-state index is 10.8. The maximum Gasteiger partial charge on any atom is 0.306 e. The van der Waals surface area contributed by atoms with E-state index >= 15 is 0 Å². The predicted molar refractivity (Wildman–Crippen MR) is 75.3 cm³/mol. The van der Waals surface area contributed by atoms with Crippen molar-refractivity contribution in [2.75, 3.05) is 13.1 Å². The Kier molecular flexibility index (Phi) is 4.28. The lowest BCUT2D eigenvalue weighted by Gasteiger charge is -2.41. The van der Waals surface area contributed by atoms with Crippen LogP contribution in [0.15, 0.2) is 14.3 Å². The normalized spacial score (nSPS) is 19.0. The molecule has 0 saturated carbocycles. The molecular weight excluding hydrogens is 370 g/mol. The fraction of sp³-hybridized carbons (Fsp3) is 0.545. The fourth-order valence-electron chi connectivity index (χ4n) is 1.95. The second kappa shape index (κ2) is 5.38. The van der Waals surface area contributed by atoms with Gasteiger partial charge in [-0.25, -0.2) is 0 Å². The van der Waals surface area contributed by atoms with Crippen molar-refractivity contribution in [3.05, 3.63) is 19.2 Å². The lowest BCUT2D eigenvalue weighted by molar-refractivity contribution is -0.145. The zero-order valence-corrected chi connectivity index (χ0v) is 13.3. The molecule has 1 aliphatic heterocycles.